The predicted molar refractivity (Wildman–Crippen MR) is 304 cm³/mol. The summed E-state index contributed by atoms with van der Waals surface area (Å²) in [5.41, 5.74) is 14.5. The number of fused-ring (bicyclic) bond motifs is 5. The van der Waals surface area contributed by atoms with Crippen LogP contribution in [0, 0.1) is 5.92 Å². The van der Waals surface area contributed by atoms with E-state index in [4.69, 9.17) is 0 Å². The van der Waals surface area contributed by atoms with E-state index >= 15 is 0 Å². The highest BCUT2D eigenvalue weighted by molar-refractivity contribution is 6.24. The third kappa shape index (κ3) is 10.0. The standard InChI is InChI=1S/C68H66N2/c1-4-7-8-11-21-51-32-40-57(41-33-51)69(59-44-36-55(37-45-59)53-24-12-9-13-25-53)67-48-65-62-29-17-19-31-64(62)68(49-66(65)61-28-16-18-30-63(61)67)70(60-46-38-56(39-47-60)54-26-14-10-15-27-54)58-42-34-52(35-43-58)23-20-22-50(5-2)6-3/h9-10,12-19,24-50H,4-8,11,20-23H2,1-3H3. The van der Waals surface area contributed by atoms with Gasteiger partial charge in [0.05, 0.1) is 11.4 Å². The Labute approximate surface area is 416 Å². The first-order chi connectivity index (χ1) is 34.6. The van der Waals surface area contributed by atoms with Crippen molar-refractivity contribution in [3.05, 3.63) is 230 Å². The summed E-state index contributed by atoms with van der Waals surface area (Å²) < 4.78 is 0. The van der Waals surface area contributed by atoms with E-state index < -0.39 is 0 Å². The van der Waals surface area contributed by atoms with E-state index in [1.807, 2.05) is 0 Å². The summed E-state index contributed by atoms with van der Waals surface area (Å²) in [6.07, 6.45) is 12.3. The van der Waals surface area contributed by atoms with Crippen molar-refractivity contribution in [3.63, 3.8) is 0 Å². The van der Waals surface area contributed by atoms with Crippen molar-refractivity contribution in [2.24, 2.45) is 5.92 Å². The number of hydrogen-bond acceptors (Lipinski definition) is 2. The average molecular weight is 911 g/mol. The highest BCUT2D eigenvalue weighted by Crippen LogP contribution is 2.48. The molecule has 0 atom stereocenters. The SMILES string of the molecule is CCCCCCc1ccc(N(c2ccc(-c3ccccc3)cc2)c2cc3c4ccccc4c(N(c4ccc(CCCC(CC)CC)cc4)c4ccc(-c5ccccc5)cc4)cc3c3ccccc23)cc1. The van der Waals surface area contributed by atoms with E-state index in [2.05, 4.69) is 249 Å². The van der Waals surface area contributed by atoms with Gasteiger partial charge in [-0.2, -0.15) is 0 Å². The van der Waals surface area contributed by atoms with Crippen LogP contribution >= 0.6 is 0 Å². The van der Waals surface area contributed by atoms with E-state index in [1.165, 1.54) is 117 Å². The molecule has 348 valence electrons. The first kappa shape index (κ1) is 46.3. The largest absolute Gasteiger partial charge is 0.310 e. The zero-order valence-corrected chi connectivity index (χ0v) is 41.3. The zero-order chi connectivity index (χ0) is 47.7. The maximum absolute atomic E-state index is 2.48. The summed E-state index contributed by atoms with van der Waals surface area (Å²) in [5, 5.41) is 7.35. The first-order valence-electron chi connectivity index (χ1n) is 26.1. The quantitative estimate of drug-likeness (QED) is 0.0589. The first-order valence-corrected chi connectivity index (χ1v) is 26.1. The van der Waals surface area contributed by atoms with E-state index in [9.17, 15) is 0 Å². The van der Waals surface area contributed by atoms with Crippen LogP contribution in [-0.2, 0) is 12.8 Å². The van der Waals surface area contributed by atoms with Gasteiger partial charge in [0.2, 0.25) is 0 Å². The fourth-order valence-electron chi connectivity index (χ4n) is 10.7. The Kier molecular flexibility index (Phi) is 14.5. The molecule has 0 aliphatic rings. The van der Waals surface area contributed by atoms with Crippen LogP contribution < -0.4 is 9.80 Å². The van der Waals surface area contributed by atoms with Crippen molar-refractivity contribution in [1.82, 2.24) is 0 Å². The molecule has 10 aromatic rings. The highest BCUT2D eigenvalue weighted by atomic mass is 15.2. The van der Waals surface area contributed by atoms with E-state index in [-0.39, 0.29) is 0 Å². The lowest BCUT2D eigenvalue weighted by Crippen LogP contribution is -2.12. The van der Waals surface area contributed by atoms with Crippen molar-refractivity contribution < 1.29 is 0 Å². The van der Waals surface area contributed by atoms with Crippen molar-refractivity contribution >= 4 is 66.4 Å². The molecule has 0 unspecified atom stereocenters. The molecule has 0 aliphatic carbocycles. The molecule has 0 aliphatic heterocycles. The fourth-order valence-corrected chi connectivity index (χ4v) is 10.7. The molecule has 10 aromatic carbocycles. The summed E-state index contributed by atoms with van der Waals surface area (Å²) in [6, 6.07) is 81.4. The smallest absolute Gasteiger partial charge is 0.0546 e. The molecular weight excluding hydrogens is 845 g/mol. The normalized spacial score (nSPS) is 11.5. The van der Waals surface area contributed by atoms with Crippen molar-refractivity contribution in [2.75, 3.05) is 9.80 Å². The van der Waals surface area contributed by atoms with Gasteiger partial charge in [-0.3, -0.25) is 0 Å². The van der Waals surface area contributed by atoms with Gasteiger partial charge in [0.1, 0.15) is 0 Å². The van der Waals surface area contributed by atoms with E-state index in [1.54, 1.807) is 0 Å². The van der Waals surface area contributed by atoms with Crippen LogP contribution in [0.25, 0.3) is 54.6 Å². The Balaban J connectivity index is 1.13. The molecule has 0 spiro atoms. The number of rotatable bonds is 19. The van der Waals surface area contributed by atoms with Crippen LogP contribution in [0.5, 0.6) is 0 Å². The van der Waals surface area contributed by atoms with Crippen LogP contribution in [-0.4, -0.2) is 0 Å². The van der Waals surface area contributed by atoms with Crippen LogP contribution in [0.15, 0.2) is 218 Å². The minimum absolute atomic E-state index is 0.813. The van der Waals surface area contributed by atoms with E-state index in [0.29, 0.717) is 0 Å². The van der Waals surface area contributed by atoms with Crippen molar-refractivity contribution in [2.45, 2.75) is 85.0 Å². The van der Waals surface area contributed by atoms with E-state index in [0.717, 1.165) is 52.9 Å². The minimum Gasteiger partial charge on any atom is -0.310 e. The third-order valence-corrected chi connectivity index (χ3v) is 14.7. The molecule has 0 bridgehead atoms. The lowest BCUT2D eigenvalue weighted by molar-refractivity contribution is 0.441. The second-order valence-electron chi connectivity index (χ2n) is 19.2. The monoisotopic (exact) mass is 911 g/mol. The van der Waals surface area contributed by atoms with Crippen LogP contribution in [0.1, 0.15) is 83.3 Å². The second kappa shape index (κ2) is 21.9. The third-order valence-electron chi connectivity index (χ3n) is 14.7. The zero-order valence-electron chi connectivity index (χ0n) is 41.3. The summed E-state index contributed by atoms with van der Waals surface area (Å²) >= 11 is 0. The summed E-state index contributed by atoms with van der Waals surface area (Å²) in [5.74, 6) is 0.813. The molecule has 2 nitrogen and oxygen atoms in total. The molecule has 0 radical (unpaired) electrons. The van der Waals surface area contributed by atoms with Crippen molar-refractivity contribution in [1.29, 1.82) is 0 Å². The van der Waals surface area contributed by atoms with Gasteiger partial charge in [-0.15, -0.1) is 0 Å². The van der Waals surface area contributed by atoms with Gasteiger partial charge in [0.25, 0.3) is 0 Å². The Morgan fingerprint density at radius 2 is 0.671 bits per heavy atom. The number of unbranched alkanes of at least 4 members (excludes halogenated alkanes) is 3. The highest BCUT2D eigenvalue weighted by Gasteiger charge is 2.22. The lowest BCUT2D eigenvalue weighted by atomic mass is 9.93. The molecule has 0 heterocycles. The van der Waals surface area contributed by atoms with Crippen LogP contribution in [0.2, 0.25) is 0 Å². The molecule has 0 N–H and O–H groups in total. The minimum atomic E-state index is 0.813. The average Bonchev–Trinajstić information content (AvgIpc) is 3.43. The van der Waals surface area contributed by atoms with Gasteiger partial charge in [0.15, 0.2) is 0 Å². The molecule has 0 saturated carbocycles. The van der Waals surface area contributed by atoms with Crippen molar-refractivity contribution in [3.8, 4) is 22.3 Å². The molecule has 70 heavy (non-hydrogen) atoms. The molecule has 0 saturated heterocycles. The predicted octanol–water partition coefficient (Wildman–Crippen LogP) is 20.3. The molecule has 10 rings (SSSR count). The molecule has 2 heteroatoms. The summed E-state index contributed by atoms with van der Waals surface area (Å²) in [6.45, 7) is 6.95. The molecule has 0 aromatic heterocycles. The number of aryl methyl sites for hydroxylation is 2. The number of anilines is 6. The Bertz CT molecular complexity index is 3260. The second-order valence-corrected chi connectivity index (χ2v) is 19.2. The van der Waals surface area contributed by atoms with Crippen LogP contribution in [0.3, 0.4) is 0 Å². The van der Waals surface area contributed by atoms with Gasteiger partial charge in [-0.25, -0.2) is 0 Å². The maximum atomic E-state index is 2.48. The topological polar surface area (TPSA) is 6.48 Å². The summed E-state index contributed by atoms with van der Waals surface area (Å²) in [7, 11) is 0. The van der Waals surface area contributed by atoms with Crippen LogP contribution in [0.4, 0.5) is 34.1 Å². The molecule has 0 amide bonds. The number of benzene rings is 10. The summed E-state index contributed by atoms with van der Waals surface area (Å²) in [4.78, 5) is 4.96. The Hall–Kier alpha value is -7.42. The fraction of sp³-hybridized carbons (Fsp3) is 0.206. The lowest BCUT2D eigenvalue weighted by Gasteiger charge is -2.30. The van der Waals surface area contributed by atoms with Gasteiger partial charge < -0.3 is 9.80 Å². The van der Waals surface area contributed by atoms with Gasteiger partial charge in [-0.1, -0.05) is 217 Å². The molecular formula is C68H66N2. The Morgan fingerprint density at radius 1 is 0.314 bits per heavy atom. The van der Waals surface area contributed by atoms with Gasteiger partial charge in [-0.05, 0) is 147 Å². The molecule has 0 fully saturated rings. The maximum Gasteiger partial charge on any atom is 0.0546 e. The Morgan fingerprint density at radius 3 is 1.07 bits per heavy atom. The van der Waals surface area contributed by atoms with Gasteiger partial charge in [0, 0.05) is 33.5 Å². The number of nitrogens with zero attached hydrogens (tertiary/aromatic N) is 2. The van der Waals surface area contributed by atoms with Gasteiger partial charge >= 0.3 is 0 Å². The number of hydrogen-bond donors (Lipinski definition) is 0.